The zero-order valence-electron chi connectivity index (χ0n) is 14.6. The lowest BCUT2D eigenvalue weighted by atomic mass is 10.0. The first kappa shape index (κ1) is 18.0. The molecule has 24 heavy (non-hydrogen) atoms. The number of carbonyl (C=O) groups is 1. The summed E-state index contributed by atoms with van der Waals surface area (Å²) in [7, 11) is 1.66. The summed E-state index contributed by atoms with van der Waals surface area (Å²) in [6, 6.07) is 15.9. The van der Waals surface area contributed by atoms with Crippen LogP contribution >= 0.6 is 0 Å². The Morgan fingerprint density at radius 3 is 2.29 bits per heavy atom. The fraction of sp³-hybridized carbons (Fsp3) is 0.350. The molecule has 2 rings (SSSR count). The van der Waals surface area contributed by atoms with Gasteiger partial charge in [-0.15, -0.1) is 0 Å². The van der Waals surface area contributed by atoms with Gasteiger partial charge in [0.15, 0.2) is 0 Å². The molecule has 0 saturated heterocycles. The molecule has 0 aliphatic carbocycles. The topological polar surface area (TPSA) is 50.4 Å². The maximum atomic E-state index is 12.0. The molecule has 0 spiro atoms. The first-order chi connectivity index (χ1) is 11.6. The first-order valence-electron chi connectivity index (χ1n) is 8.32. The predicted molar refractivity (Wildman–Crippen MR) is 98.5 cm³/mol. The van der Waals surface area contributed by atoms with E-state index in [1.807, 2.05) is 36.4 Å². The second-order valence-corrected chi connectivity index (χ2v) is 6.10. The van der Waals surface area contributed by atoms with Gasteiger partial charge in [-0.1, -0.05) is 38.1 Å². The third-order valence-corrected chi connectivity index (χ3v) is 3.88. The number of ether oxygens (including phenoxy) is 1. The number of hydrogen-bond donors (Lipinski definition) is 2. The third-order valence-electron chi connectivity index (χ3n) is 3.88. The third kappa shape index (κ3) is 5.70. The van der Waals surface area contributed by atoms with Crippen molar-refractivity contribution in [3.05, 3.63) is 59.7 Å². The molecule has 4 heteroatoms. The number of benzene rings is 2. The van der Waals surface area contributed by atoms with Gasteiger partial charge in [0.1, 0.15) is 5.75 Å². The van der Waals surface area contributed by atoms with Gasteiger partial charge in [0.05, 0.1) is 7.11 Å². The summed E-state index contributed by atoms with van der Waals surface area (Å²) < 4.78 is 5.13. The summed E-state index contributed by atoms with van der Waals surface area (Å²) in [6.45, 7) is 5.69. The van der Waals surface area contributed by atoms with Crippen molar-refractivity contribution in [1.29, 1.82) is 0 Å². The van der Waals surface area contributed by atoms with Crippen LogP contribution in [-0.4, -0.2) is 19.6 Å². The average molecular weight is 326 g/mol. The van der Waals surface area contributed by atoms with Gasteiger partial charge >= 0.3 is 0 Å². The second-order valence-electron chi connectivity index (χ2n) is 6.10. The summed E-state index contributed by atoms with van der Waals surface area (Å²) in [5, 5.41) is 6.20. The molecular formula is C20H26N2O2. The summed E-state index contributed by atoms with van der Waals surface area (Å²) in [5.41, 5.74) is 3.29. The van der Waals surface area contributed by atoms with E-state index in [-0.39, 0.29) is 5.91 Å². The van der Waals surface area contributed by atoms with E-state index in [9.17, 15) is 4.79 Å². The molecule has 0 atom stereocenters. The van der Waals surface area contributed by atoms with Crippen molar-refractivity contribution in [3.63, 3.8) is 0 Å². The van der Waals surface area contributed by atoms with Gasteiger partial charge in [0, 0.05) is 25.2 Å². The monoisotopic (exact) mass is 326 g/mol. The van der Waals surface area contributed by atoms with E-state index in [2.05, 4.69) is 36.6 Å². The minimum Gasteiger partial charge on any atom is -0.497 e. The summed E-state index contributed by atoms with van der Waals surface area (Å²) in [6.07, 6.45) is 0.447. The van der Waals surface area contributed by atoms with E-state index in [4.69, 9.17) is 4.74 Å². The zero-order valence-corrected chi connectivity index (χ0v) is 14.6. The van der Waals surface area contributed by atoms with Crippen LogP contribution in [0.25, 0.3) is 0 Å². The molecule has 0 saturated carbocycles. The zero-order chi connectivity index (χ0) is 17.4. The molecule has 0 aromatic heterocycles. The Bertz CT molecular complexity index is 634. The average Bonchev–Trinajstić information content (AvgIpc) is 2.59. The number of amides is 1. The highest BCUT2D eigenvalue weighted by atomic mass is 16.5. The number of methoxy groups -OCH3 is 1. The Balaban J connectivity index is 1.69. The van der Waals surface area contributed by atoms with Crippen LogP contribution in [0.4, 0.5) is 5.69 Å². The van der Waals surface area contributed by atoms with Crippen LogP contribution in [0.15, 0.2) is 48.5 Å². The molecule has 0 unspecified atom stereocenters. The molecule has 4 nitrogen and oxygen atoms in total. The van der Waals surface area contributed by atoms with Crippen LogP contribution in [0.5, 0.6) is 5.75 Å². The predicted octanol–water partition coefficient (Wildman–Crippen LogP) is 3.94. The fourth-order valence-corrected chi connectivity index (χ4v) is 2.35. The number of nitrogens with one attached hydrogen (secondary N) is 2. The van der Waals surface area contributed by atoms with Gasteiger partial charge in [-0.05, 0) is 41.3 Å². The van der Waals surface area contributed by atoms with Gasteiger partial charge in [0.25, 0.3) is 0 Å². The van der Waals surface area contributed by atoms with Crippen molar-refractivity contribution in [2.45, 2.75) is 32.7 Å². The standard InChI is InChI=1S/C20H26N2O2/c1-15(2)17-6-8-18(9-7-17)22-20(23)12-13-21-14-16-4-10-19(24-3)11-5-16/h4-11,15,21H,12-14H2,1-3H3,(H,22,23). The van der Waals surface area contributed by atoms with E-state index in [0.29, 0.717) is 18.9 Å². The van der Waals surface area contributed by atoms with Crippen molar-refractivity contribution >= 4 is 11.6 Å². The highest BCUT2D eigenvalue weighted by molar-refractivity contribution is 5.90. The minimum atomic E-state index is 0.0227. The minimum absolute atomic E-state index is 0.0227. The van der Waals surface area contributed by atoms with Crippen LogP contribution in [0.3, 0.4) is 0 Å². The lowest BCUT2D eigenvalue weighted by Crippen LogP contribution is -2.21. The molecule has 0 radical (unpaired) electrons. The van der Waals surface area contributed by atoms with Crippen molar-refractivity contribution < 1.29 is 9.53 Å². The molecule has 2 aromatic carbocycles. The number of anilines is 1. The van der Waals surface area contributed by atoms with Crippen LogP contribution in [0.1, 0.15) is 37.3 Å². The normalized spacial score (nSPS) is 10.7. The smallest absolute Gasteiger partial charge is 0.225 e. The molecule has 0 aliphatic heterocycles. The van der Waals surface area contributed by atoms with Crippen molar-refractivity contribution in [3.8, 4) is 5.75 Å². The molecule has 0 bridgehead atoms. The van der Waals surface area contributed by atoms with E-state index >= 15 is 0 Å². The van der Waals surface area contributed by atoms with E-state index in [0.717, 1.165) is 18.0 Å². The van der Waals surface area contributed by atoms with Gasteiger partial charge in [-0.2, -0.15) is 0 Å². The molecule has 0 aliphatic rings. The second kappa shape index (κ2) is 9.08. The Morgan fingerprint density at radius 1 is 1.04 bits per heavy atom. The SMILES string of the molecule is COc1ccc(CNCCC(=O)Nc2ccc(C(C)C)cc2)cc1. The number of hydrogen-bond acceptors (Lipinski definition) is 3. The number of rotatable bonds is 8. The Labute approximate surface area is 144 Å². The Hall–Kier alpha value is -2.33. The highest BCUT2D eigenvalue weighted by Gasteiger charge is 2.03. The van der Waals surface area contributed by atoms with E-state index < -0.39 is 0 Å². The van der Waals surface area contributed by atoms with Gasteiger partial charge in [-0.3, -0.25) is 4.79 Å². The summed E-state index contributed by atoms with van der Waals surface area (Å²) >= 11 is 0. The van der Waals surface area contributed by atoms with Crippen LogP contribution in [-0.2, 0) is 11.3 Å². The molecule has 128 valence electrons. The summed E-state index contributed by atoms with van der Waals surface area (Å²) in [4.78, 5) is 12.0. The van der Waals surface area contributed by atoms with E-state index in [1.54, 1.807) is 7.11 Å². The molecule has 0 heterocycles. The molecule has 1 amide bonds. The van der Waals surface area contributed by atoms with Gasteiger partial charge in [0.2, 0.25) is 5.91 Å². The Kier molecular flexibility index (Phi) is 6.82. The lowest BCUT2D eigenvalue weighted by molar-refractivity contribution is -0.116. The highest BCUT2D eigenvalue weighted by Crippen LogP contribution is 2.17. The van der Waals surface area contributed by atoms with Crippen molar-refractivity contribution in [2.24, 2.45) is 0 Å². The summed E-state index contributed by atoms with van der Waals surface area (Å²) in [5.74, 6) is 1.37. The van der Waals surface area contributed by atoms with Crippen molar-refractivity contribution in [1.82, 2.24) is 5.32 Å². The quantitative estimate of drug-likeness (QED) is 0.723. The Morgan fingerprint density at radius 2 is 1.71 bits per heavy atom. The molecule has 2 N–H and O–H groups in total. The van der Waals surface area contributed by atoms with Crippen LogP contribution in [0, 0.1) is 0 Å². The van der Waals surface area contributed by atoms with Gasteiger partial charge in [-0.25, -0.2) is 0 Å². The largest absolute Gasteiger partial charge is 0.497 e. The van der Waals surface area contributed by atoms with Crippen LogP contribution in [0.2, 0.25) is 0 Å². The fourth-order valence-electron chi connectivity index (χ4n) is 2.35. The molecular weight excluding hydrogens is 300 g/mol. The van der Waals surface area contributed by atoms with Crippen LogP contribution < -0.4 is 15.4 Å². The maximum Gasteiger partial charge on any atom is 0.225 e. The molecule has 2 aromatic rings. The maximum absolute atomic E-state index is 12.0. The lowest BCUT2D eigenvalue weighted by Gasteiger charge is -2.09. The molecule has 0 fully saturated rings. The van der Waals surface area contributed by atoms with Crippen molar-refractivity contribution in [2.75, 3.05) is 19.0 Å². The van der Waals surface area contributed by atoms with Gasteiger partial charge < -0.3 is 15.4 Å². The first-order valence-corrected chi connectivity index (χ1v) is 8.32. The van der Waals surface area contributed by atoms with E-state index in [1.165, 1.54) is 11.1 Å². The number of carbonyl (C=O) groups excluding carboxylic acids is 1.